The summed E-state index contributed by atoms with van der Waals surface area (Å²) in [5.74, 6) is 3.33. The largest absolute Gasteiger partial charge is 0.388 e. The molecule has 4 fully saturated rings. The first kappa shape index (κ1) is 33.0. The van der Waals surface area contributed by atoms with Gasteiger partial charge in [-0.25, -0.2) is 0 Å². The van der Waals surface area contributed by atoms with Crippen molar-refractivity contribution in [3.05, 3.63) is 35.7 Å². The zero-order valence-corrected chi connectivity index (χ0v) is 27.4. The number of aryl methyl sites for hydroxylation is 1. The van der Waals surface area contributed by atoms with Crippen LogP contribution in [0.1, 0.15) is 84.6 Å². The monoisotopic (exact) mass is 695 g/mol. The zero-order chi connectivity index (χ0) is 27.4. The van der Waals surface area contributed by atoms with Gasteiger partial charge in [0.2, 0.25) is 6.41 Å². The SMILES string of the molecule is CC.CNc1cccc(C)c1.C[C-]1CCC2(N)C3CCC4(C)C(C(=O)CNC=O)CCC4C3CCC12N.[W]. The maximum Gasteiger partial charge on any atom is 0.207 e. The number of nitrogens with one attached hydrogen (secondary N) is 2. The molecule has 5 rings (SSSR count). The van der Waals surface area contributed by atoms with Gasteiger partial charge in [-0.2, -0.15) is 13.3 Å². The molecule has 0 heterocycles. The first-order valence-corrected chi connectivity index (χ1v) is 14.5. The van der Waals surface area contributed by atoms with Crippen LogP contribution in [0, 0.1) is 41.9 Å². The molecule has 0 aliphatic heterocycles. The molecule has 0 spiro atoms. The van der Waals surface area contributed by atoms with Gasteiger partial charge in [-0.3, -0.25) is 15.5 Å². The Morgan fingerprint density at radius 2 is 1.82 bits per heavy atom. The van der Waals surface area contributed by atoms with E-state index in [4.69, 9.17) is 11.5 Å². The molecule has 214 valence electrons. The summed E-state index contributed by atoms with van der Waals surface area (Å²) in [5.41, 5.74) is 15.9. The molecular weight excluding hydrogens is 644 g/mol. The average molecular weight is 696 g/mol. The smallest absolute Gasteiger partial charge is 0.207 e. The first-order chi connectivity index (χ1) is 17.6. The Bertz CT molecular complexity index is 944. The molecule has 7 unspecified atom stereocenters. The van der Waals surface area contributed by atoms with E-state index < -0.39 is 0 Å². The van der Waals surface area contributed by atoms with Gasteiger partial charge in [0.1, 0.15) is 0 Å². The fourth-order valence-corrected chi connectivity index (χ4v) is 8.52. The fourth-order valence-electron chi connectivity index (χ4n) is 8.52. The Balaban J connectivity index is 0.000000358. The average Bonchev–Trinajstić information content (AvgIpc) is 3.38. The molecule has 1 aromatic rings. The Morgan fingerprint density at radius 1 is 1.11 bits per heavy atom. The number of nitrogens with two attached hydrogens (primary N) is 2. The number of benzene rings is 1. The van der Waals surface area contributed by atoms with Crippen molar-refractivity contribution in [3.8, 4) is 0 Å². The molecule has 0 bridgehead atoms. The third kappa shape index (κ3) is 5.79. The van der Waals surface area contributed by atoms with E-state index in [-0.39, 0.29) is 55.8 Å². The molecule has 0 aromatic heterocycles. The molecule has 6 N–H and O–H groups in total. The quantitative estimate of drug-likeness (QED) is 0.256. The predicted octanol–water partition coefficient (Wildman–Crippen LogP) is 5.00. The maximum atomic E-state index is 12.7. The van der Waals surface area contributed by atoms with Crippen molar-refractivity contribution in [2.24, 2.45) is 40.6 Å². The van der Waals surface area contributed by atoms with Gasteiger partial charge < -0.3 is 22.1 Å². The van der Waals surface area contributed by atoms with Gasteiger partial charge in [-0.1, -0.05) is 57.7 Å². The minimum Gasteiger partial charge on any atom is -0.388 e. The van der Waals surface area contributed by atoms with Crippen LogP contribution >= 0.6 is 0 Å². The summed E-state index contributed by atoms with van der Waals surface area (Å²) < 4.78 is 0. The molecule has 4 saturated carbocycles. The van der Waals surface area contributed by atoms with Crippen molar-refractivity contribution >= 4 is 17.9 Å². The number of hydrogen-bond donors (Lipinski definition) is 4. The van der Waals surface area contributed by atoms with Crippen molar-refractivity contribution in [2.75, 3.05) is 18.9 Å². The zero-order valence-electron chi connectivity index (χ0n) is 24.4. The van der Waals surface area contributed by atoms with Gasteiger partial charge in [0.25, 0.3) is 0 Å². The topological polar surface area (TPSA) is 110 Å². The van der Waals surface area contributed by atoms with Crippen molar-refractivity contribution < 1.29 is 30.7 Å². The fraction of sp³-hybridized carbons (Fsp3) is 0.710. The van der Waals surface area contributed by atoms with E-state index in [9.17, 15) is 9.59 Å². The number of carbonyl (C=O) groups excluding carboxylic acids is 2. The van der Waals surface area contributed by atoms with E-state index in [0.29, 0.717) is 24.2 Å². The predicted molar refractivity (Wildman–Crippen MR) is 153 cm³/mol. The molecular formula is C31H51N4O2W-. The van der Waals surface area contributed by atoms with Crippen LogP contribution in [0.2, 0.25) is 0 Å². The number of ketones is 1. The number of amides is 1. The minimum absolute atomic E-state index is 0. The Kier molecular flexibility index (Phi) is 11.6. The van der Waals surface area contributed by atoms with Crippen LogP contribution in [-0.4, -0.2) is 36.9 Å². The number of carbonyl (C=O) groups is 2. The molecule has 1 amide bonds. The molecule has 4 aliphatic rings. The van der Waals surface area contributed by atoms with Crippen LogP contribution in [0.5, 0.6) is 0 Å². The van der Waals surface area contributed by atoms with E-state index >= 15 is 0 Å². The second-order valence-electron chi connectivity index (χ2n) is 12.0. The van der Waals surface area contributed by atoms with Crippen LogP contribution < -0.4 is 22.1 Å². The molecule has 1 aromatic carbocycles. The first-order valence-electron chi connectivity index (χ1n) is 14.5. The second kappa shape index (κ2) is 13.4. The van der Waals surface area contributed by atoms with Crippen LogP contribution in [0.3, 0.4) is 0 Å². The molecule has 38 heavy (non-hydrogen) atoms. The number of hydrogen-bond acceptors (Lipinski definition) is 5. The summed E-state index contributed by atoms with van der Waals surface area (Å²) in [5, 5.41) is 5.64. The Morgan fingerprint density at radius 3 is 2.42 bits per heavy atom. The van der Waals surface area contributed by atoms with E-state index in [0.717, 1.165) is 51.4 Å². The summed E-state index contributed by atoms with van der Waals surface area (Å²) in [7, 11) is 1.93. The Hall–Kier alpha value is -1.23. The summed E-state index contributed by atoms with van der Waals surface area (Å²) >= 11 is 0. The van der Waals surface area contributed by atoms with Crippen molar-refractivity contribution in [2.45, 2.75) is 97.1 Å². The summed E-state index contributed by atoms with van der Waals surface area (Å²) in [4.78, 5) is 23.3. The normalized spacial score (nSPS) is 36.9. The standard InChI is InChI=1S/C21H34N3O2.C8H11N.C2H6.W/c1-13-5-9-21(23)16-7-8-19(2)15(14(16)6-10-20(13,21)22)3-4-17(19)18(26)11-24-12-25;1-7-4-3-5-8(6-7)9-2;1-2;/h12,14-17H,3-11,22-23H2,1-2H3,(H,24,25);3-6,9H,1-2H3;1-2H3;/q-1;;;. The second-order valence-corrected chi connectivity index (χ2v) is 12.0. The van der Waals surface area contributed by atoms with Gasteiger partial charge in [-0.05, 0) is 73.5 Å². The van der Waals surface area contributed by atoms with Crippen molar-refractivity contribution in [1.29, 1.82) is 0 Å². The third-order valence-electron chi connectivity index (χ3n) is 10.5. The van der Waals surface area contributed by atoms with Gasteiger partial charge >= 0.3 is 0 Å². The molecule has 7 atom stereocenters. The van der Waals surface area contributed by atoms with Crippen LogP contribution in [-0.2, 0) is 30.7 Å². The Labute approximate surface area is 245 Å². The molecule has 4 aliphatic carbocycles. The molecule has 6 nitrogen and oxygen atoms in total. The molecule has 0 radical (unpaired) electrons. The summed E-state index contributed by atoms with van der Waals surface area (Å²) in [6.45, 7) is 10.8. The van der Waals surface area contributed by atoms with E-state index in [2.05, 4.69) is 43.5 Å². The third-order valence-corrected chi connectivity index (χ3v) is 10.5. The van der Waals surface area contributed by atoms with Gasteiger partial charge in [-0.15, -0.1) is 0 Å². The van der Waals surface area contributed by atoms with E-state index in [1.54, 1.807) is 0 Å². The number of rotatable bonds is 5. The molecule has 0 saturated heterocycles. The van der Waals surface area contributed by atoms with Gasteiger partial charge in [0.15, 0.2) is 5.78 Å². The van der Waals surface area contributed by atoms with Gasteiger partial charge in [0.05, 0.1) is 6.54 Å². The van der Waals surface area contributed by atoms with E-state index in [1.165, 1.54) is 17.2 Å². The number of anilines is 1. The van der Waals surface area contributed by atoms with Crippen LogP contribution in [0.4, 0.5) is 5.69 Å². The van der Waals surface area contributed by atoms with Crippen molar-refractivity contribution in [3.63, 3.8) is 0 Å². The molecule has 7 heteroatoms. The van der Waals surface area contributed by atoms with Crippen LogP contribution in [0.15, 0.2) is 24.3 Å². The van der Waals surface area contributed by atoms with Crippen LogP contribution in [0.25, 0.3) is 0 Å². The van der Waals surface area contributed by atoms with Crippen molar-refractivity contribution in [1.82, 2.24) is 5.32 Å². The van der Waals surface area contributed by atoms with Gasteiger partial charge in [0, 0.05) is 45.3 Å². The summed E-state index contributed by atoms with van der Waals surface area (Å²) in [6, 6.07) is 8.29. The maximum absolute atomic E-state index is 12.7. The summed E-state index contributed by atoms with van der Waals surface area (Å²) in [6.07, 6.45) is 9.08. The number of Topliss-reactive ketones (excluding diaryl/α,β-unsaturated/α-hetero) is 1. The minimum atomic E-state index is -0.288. The number of fused-ring (bicyclic) bond motifs is 5. The van der Waals surface area contributed by atoms with E-state index in [1.807, 2.05) is 33.0 Å².